The number of ketones is 1. The number of rotatable bonds is 5. The lowest BCUT2D eigenvalue weighted by atomic mass is 9.96. The molecule has 0 spiro atoms. The number of fused-ring (bicyclic) bond motifs is 1. The van der Waals surface area contributed by atoms with Crippen molar-refractivity contribution < 1.29 is 19.7 Å². The van der Waals surface area contributed by atoms with Gasteiger partial charge in [-0.05, 0) is 36.3 Å². The lowest BCUT2D eigenvalue weighted by Crippen LogP contribution is -2.31. The van der Waals surface area contributed by atoms with Crippen LogP contribution in [0.1, 0.15) is 24.5 Å². The van der Waals surface area contributed by atoms with Gasteiger partial charge in [0, 0.05) is 12.8 Å². The first-order chi connectivity index (χ1) is 9.00. The molecule has 0 radical (unpaired) electrons. The van der Waals surface area contributed by atoms with E-state index in [1.165, 1.54) is 0 Å². The molecule has 0 heterocycles. The van der Waals surface area contributed by atoms with Crippen LogP contribution < -0.4 is 4.74 Å². The maximum absolute atomic E-state index is 11.3. The van der Waals surface area contributed by atoms with Crippen LogP contribution in [-0.4, -0.2) is 34.8 Å². The number of hydrogen-bond acceptors (Lipinski definition) is 4. The quantitative estimate of drug-likeness (QED) is 0.840. The lowest BCUT2D eigenvalue weighted by Gasteiger charge is -2.20. The van der Waals surface area contributed by atoms with E-state index in [0.29, 0.717) is 25.2 Å². The third-order valence-electron chi connectivity index (χ3n) is 3.18. The minimum atomic E-state index is -1.12. The van der Waals surface area contributed by atoms with Gasteiger partial charge in [-0.3, -0.25) is 4.79 Å². The van der Waals surface area contributed by atoms with E-state index in [0.717, 1.165) is 11.1 Å². The number of aliphatic hydroxyl groups excluding tert-OH is 1. The number of allylic oxidation sites excluding steroid dienone is 1. The number of ether oxygens (including phenoxy) is 1. The molecule has 0 fully saturated rings. The molecular weight excluding hydrogens is 244 g/mol. The standard InChI is InChI=1S/C15H18O4/c1-15(18,10-16)6-7-19-14-5-3-11-2-4-13(17)8-12(11)9-14/h2-5,9,16,18H,6-8,10H2,1H3/t15-/m0/s1. The topological polar surface area (TPSA) is 66.8 Å². The van der Waals surface area contributed by atoms with Crippen LogP contribution in [0.25, 0.3) is 6.08 Å². The van der Waals surface area contributed by atoms with Crippen molar-refractivity contribution in [3.8, 4) is 5.75 Å². The zero-order chi connectivity index (χ0) is 13.9. The summed E-state index contributed by atoms with van der Waals surface area (Å²) >= 11 is 0. The van der Waals surface area contributed by atoms with Crippen molar-refractivity contribution in [3.63, 3.8) is 0 Å². The molecule has 0 amide bonds. The van der Waals surface area contributed by atoms with Crippen LogP contribution in [0.4, 0.5) is 0 Å². The van der Waals surface area contributed by atoms with Gasteiger partial charge < -0.3 is 14.9 Å². The molecule has 0 unspecified atom stereocenters. The summed E-state index contributed by atoms with van der Waals surface area (Å²) in [6, 6.07) is 5.61. The van der Waals surface area contributed by atoms with E-state index < -0.39 is 5.60 Å². The molecule has 2 N–H and O–H groups in total. The molecule has 0 aliphatic heterocycles. The minimum absolute atomic E-state index is 0.0906. The summed E-state index contributed by atoms with van der Waals surface area (Å²) in [7, 11) is 0. The van der Waals surface area contributed by atoms with E-state index in [2.05, 4.69) is 0 Å². The molecule has 2 rings (SSSR count). The summed E-state index contributed by atoms with van der Waals surface area (Å²) < 4.78 is 5.54. The average Bonchev–Trinajstić information content (AvgIpc) is 2.38. The molecule has 4 nitrogen and oxygen atoms in total. The van der Waals surface area contributed by atoms with Crippen molar-refractivity contribution >= 4 is 11.9 Å². The average molecular weight is 262 g/mol. The molecular formula is C15H18O4. The van der Waals surface area contributed by atoms with Crippen molar-refractivity contribution in [2.24, 2.45) is 0 Å². The van der Waals surface area contributed by atoms with Crippen LogP contribution in [0.3, 0.4) is 0 Å². The molecule has 102 valence electrons. The Morgan fingerprint density at radius 1 is 1.37 bits per heavy atom. The van der Waals surface area contributed by atoms with E-state index in [1.807, 2.05) is 24.3 Å². The Kier molecular flexibility index (Phi) is 4.02. The second kappa shape index (κ2) is 5.55. The van der Waals surface area contributed by atoms with Crippen molar-refractivity contribution in [2.45, 2.75) is 25.4 Å². The summed E-state index contributed by atoms with van der Waals surface area (Å²) in [5.74, 6) is 0.767. The van der Waals surface area contributed by atoms with Crippen LogP contribution in [0.2, 0.25) is 0 Å². The fourth-order valence-electron chi connectivity index (χ4n) is 1.88. The second-order valence-corrected chi connectivity index (χ2v) is 5.09. The van der Waals surface area contributed by atoms with E-state index in [1.54, 1.807) is 13.0 Å². The van der Waals surface area contributed by atoms with E-state index in [4.69, 9.17) is 9.84 Å². The highest BCUT2D eigenvalue weighted by molar-refractivity contribution is 5.98. The summed E-state index contributed by atoms with van der Waals surface area (Å²) in [4.78, 5) is 11.3. The van der Waals surface area contributed by atoms with Crippen molar-refractivity contribution in [1.29, 1.82) is 0 Å². The summed E-state index contributed by atoms with van der Waals surface area (Å²) in [6.07, 6.45) is 4.14. The smallest absolute Gasteiger partial charge is 0.160 e. The van der Waals surface area contributed by atoms with Crippen LogP contribution in [0.5, 0.6) is 5.75 Å². The van der Waals surface area contributed by atoms with Gasteiger partial charge in [-0.25, -0.2) is 0 Å². The number of hydrogen-bond donors (Lipinski definition) is 2. The van der Waals surface area contributed by atoms with Gasteiger partial charge in [0.2, 0.25) is 0 Å². The van der Waals surface area contributed by atoms with Gasteiger partial charge >= 0.3 is 0 Å². The fraction of sp³-hybridized carbons (Fsp3) is 0.400. The predicted molar refractivity (Wildman–Crippen MR) is 72.0 cm³/mol. The molecule has 0 aromatic heterocycles. The number of benzene rings is 1. The highest BCUT2D eigenvalue weighted by Gasteiger charge is 2.18. The first-order valence-electron chi connectivity index (χ1n) is 6.30. The molecule has 1 aliphatic carbocycles. The Morgan fingerprint density at radius 2 is 2.16 bits per heavy atom. The fourth-order valence-corrected chi connectivity index (χ4v) is 1.88. The second-order valence-electron chi connectivity index (χ2n) is 5.09. The highest BCUT2D eigenvalue weighted by Crippen LogP contribution is 2.23. The van der Waals surface area contributed by atoms with Crippen molar-refractivity contribution in [3.05, 3.63) is 35.4 Å². The normalized spacial score (nSPS) is 16.9. The third kappa shape index (κ3) is 3.66. The summed E-state index contributed by atoms with van der Waals surface area (Å²) in [6.45, 7) is 1.59. The highest BCUT2D eigenvalue weighted by atomic mass is 16.5. The van der Waals surface area contributed by atoms with Crippen LogP contribution in [-0.2, 0) is 11.2 Å². The Morgan fingerprint density at radius 3 is 2.89 bits per heavy atom. The van der Waals surface area contributed by atoms with Gasteiger partial charge in [-0.2, -0.15) is 0 Å². The first-order valence-corrected chi connectivity index (χ1v) is 6.30. The van der Waals surface area contributed by atoms with E-state index >= 15 is 0 Å². The zero-order valence-corrected chi connectivity index (χ0v) is 10.9. The zero-order valence-electron chi connectivity index (χ0n) is 10.9. The minimum Gasteiger partial charge on any atom is -0.493 e. The summed E-state index contributed by atoms with van der Waals surface area (Å²) in [5.41, 5.74) is 0.876. The Balaban J connectivity index is 1.98. The van der Waals surface area contributed by atoms with Gasteiger partial charge in [0.05, 0.1) is 18.8 Å². The number of carbonyl (C=O) groups excluding carboxylic acids is 1. The molecule has 0 saturated carbocycles. The lowest BCUT2D eigenvalue weighted by molar-refractivity contribution is -0.114. The Labute approximate surface area is 112 Å². The molecule has 1 atom stereocenters. The molecule has 0 saturated heterocycles. The van der Waals surface area contributed by atoms with Crippen LogP contribution in [0.15, 0.2) is 24.3 Å². The van der Waals surface area contributed by atoms with Gasteiger partial charge in [0.1, 0.15) is 5.75 Å². The Bertz CT molecular complexity index is 503. The molecule has 1 aliphatic rings. The number of aliphatic hydroxyl groups is 2. The van der Waals surface area contributed by atoms with Gasteiger partial charge in [-0.1, -0.05) is 12.1 Å². The molecule has 19 heavy (non-hydrogen) atoms. The maximum atomic E-state index is 11.3. The molecule has 0 bridgehead atoms. The van der Waals surface area contributed by atoms with Crippen molar-refractivity contribution in [2.75, 3.05) is 13.2 Å². The first kappa shape index (κ1) is 13.8. The third-order valence-corrected chi connectivity index (χ3v) is 3.18. The molecule has 1 aromatic carbocycles. The van der Waals surface area contributed by atoms with Crippen LogP contribution in [0, 0.1) is 0 Å². The van der Waals surface area contributed by atoms with Crippen LogP contribution >= 0.6 is 0 Å². The van der Waals surface area contributed by atoms with E-state index in [-0.39, 0.29) is 12.4 Å². The molecule has 4 heteroatoms. The van der Waals surface area contributed by atoms with Gasteiger partial charge in [-0.15, -0.1) is 0 Å². The largest absolute Gasteiger partial charge is 0.493 e. The summed E-state index contributed by atoms with van der Waals surface area (Å²) in [5, 5.41) is 18.6. The van der Waals surface area contributed by atoms with Gasteiger partial charge in [0.15, 0.2) is 5.78 Å². The van der Waals surface area contributed by atoms with E-state index in [9.17, 15) is 9.90 Å². The van der Waals surface area contributed by atoms with Gasteiger partial charge in [0.25, 0.3) is 0 Å². The Hall–Kier alpha value is -1.65. The predicted octanol–water partition coefficient (Wildman–Crippen LogP) is 1.34. The number of carbonyl (C=O) groups is 1. The SMILES string of the molecule is C[C@@](O)(CO)CCOc1ccc2c(c1)CC(=O)C=C2. The maximum Gasteiger partial charge on any atom is 0.160 e. The monoisotopic (exact) mass is 262 g/mol. The molecule has 1 aromatic rings. The van der Waals surface area contributed by atoms with Crippen molar-refractivity contribution in [1.82, 2.24) is 0 Å².